The second-order valence-electron chi connectivity index (χ2n) is 4.52. The highest BCUT2D eigenvalue weighted by atomic mass is 16.6. The molecule has 0 atom stereocenters. The molecule has 5 heteroatoms. The van der Waals surface area contributed by atoms with Crippen LogP contribution in [0.4, 0.5) is 0 Å². The summed E-state index contributed by atoms with van der Waals surface area (Å²) in [5.41, 5.74) is 1.50. The number of carbonyl (C=O) groups is 2. The van der Waals surface area contributed by atoms with Crippen molar-refractivity contribution in [1.82, 2.24) is 4.57 Å². The summed E-state index contributed by atoms with van der Waals surface area (Å²) in [5, 5.41) is 0. The van der Waals surface area contributed by atoms with Crippen LogP contribution < -0.4 is 0 Å². The first-order valence-electron chi connectivity index (χ1n) is 6.41. The van der Waals surface area contributed by atoms with E-state index in [0.29, 0.717) is 5.69 Å². The number of nitrogens with zero attached hydrogens (tertiary/aromatic N) is 2. The highest BCUT2D eigenvalue weighted by Crippen LogP contribution is 2.19. The summed E-state index contributed by atoms with van der Waals surface area (Å²) < 4.78 is 6.60. The second kappa shape index (κ2) is 5.20. The van der Waals surface area contributed by atoms with Crippen LogP contribution in [-0.4, -0.2) is 22.3 Å². The molecule has 0 fully saturated rings. The van der Waals surface area contributed by atoms with E-state index in [9.17, 15) is 9.59 Å². The van der Waals surface area contributed by atoms with Crippen LogP contribution in [0.1, 0.15) is 23.0 Å². The first-order chi connectivity index (χ1) is 10.1. The smallest absolute Gasteiger partial charge is 0.363 e. The highest BCUT2D eigenvalue weighted by Gasteiger charge is 2.24. The molecule has 1 aromatic carbocycles. The van der Waals surface area contributed by atoms with Gasteiger partial charge in [-0.25, -0.2) is 9.79 Å². The number of aliphatic imine (C=N–C) groups is 1. The SMILES string of the molecule is CC(=O)n1cccc1C=C1N=C(c2ccccc2)OC1=O. The summed E-state index contributed by atoms with van der Waals surface area (Å²) >= 11 is 0. The highest BCUT2D eigenvalue weighted by molar-refractivity contribution is 6.12. The van der Waals surface area contributed by atoms with Gasteiger partial charge in [0.25, 0.3) is 0 Å². The maximum Gasteiger partial charge on any atom is 0.363 e. The van der Waals surface area contributed by atoms with Gasteiger partial charge in [0.1, 0.15) is 0 Å². The maximum absolute atomic E-state index is 11.9. The number of ether oxygens (including phenoxy) is 1. The molecule has 0 radical (unpaired) electrons. The van der Waals surface area contributed by atoms with Gasteiger partial charge in [0.05, 0.1) is 5.69 Å². The zero-order valence-corrected chi connectivity index (χ0v) is 11.3. The van der Waals surface area contributed by atoms with Crippen molar-refractivity contribution in [3.8, 4) is 0 Å². The largest absolute Gasteiger partial charge is 0.402 e. The van der Waals surface area contributed by atoms with Gasteiger partial charge in [0, 0.05) is 18.7 Å². The summed E-state index contributed by atoms with van der Waals surface area (Å²) in [6.45, 7) is 1.45. The normalized spacial score (nSPS) is 16.0. The monoisotopic (exact) mass is 280 g/mol. The lowest BCUT2D eigenvalue weighted by Gasteiger charge is -1.99. The number of aromatic nitrogens is 1. The van der Waals surface area contributed by atoms with Gasteiger partial charge in [-0.2, -0.15) is 0 Å². The van der Waals surface area contributed by atoms with Crippen molar-refractivity contribution in [3.05, 3.63) is 65.6 Å². The lowest BCUT2D eigenvalue weighted by Crippen LogP contribution is -2.07. The Morgan fingerprint density at radius 1 is 1.19 bits per heavy atom. The Bertz CT molecular complexity index is 770. The van der Waals surface area contributed by atoms with E-state index in [1.54, 1.807) is 24.4 Å². The zero-order valence-electron chi connectivity index (χ0n) is 11.3. The predicted molar refractivity (Wildman–Crippen MR) is 77.8 cm³/mol. The molecule has 0 bridgehead atoms. The van der Waals surface area contributed by atoms with Crippen LogP contribution in [0.25, 0.3) is 6.08 Å². The Morgan fingerprint density at radius 2 is 1.95 bits per heavy atom. The number of cyclic esters (lactones) is 1. The number of hydrogen-bond donors (Lipinski definition) is 0. The van der Waals surface area contributed by atoms with Crippen molar-refractivity contribution in [2.75, 3.05) is 0 Å². The quantitative estimate of drug-likeness (QED) is 0.627. The Kier molecular flexibility index (Phi) is 3.23. The third-order valence-electron chi connectivity index (χ3n) is 3.05. The predicted octanol–water partition coefficient (Wildman–Crippen LogP) is 2.49. The van der Waals surface area contributed by atoms with E-state index in [0.717, 1.165) is 5.56 Å². The number of rotatable bonds is 2. The molecule has 0 aliphatic carbocycles. The summed E-state index contributed by atoms with van der Waals surface area (Å²) in [4.78, 5) is 27.5. The van der Waals surface area contributed by atoms with Crippen molar-refractivity contribution in [2.24, 2.45) is 4.99 Å². The molecule has 0 N–H and O–H groups in total. The van der Waals surface area contributed by atoms with E-state index in [4.69, 9.17) is 4.74 Å². The summed E-state index contributed by atoms with van der Waals surface area (Å²) in [5.74, 6) is -0.386. The van der Waals surface area contributed by atoms with E-state index < -0.39 is 5.97 Å². The minimum absolute atomic E-state index is 0.134. The van der Waals surface area contributed by atoms with Gasteiger partial charge in [-0.1, -0.05) is 18.2 Å². The lowest BCUT2D eigenvalue weighted by molar-refractivity contribution is -0.129. The van der Waals surface area contributed by atoms with E-state index in [-0.39, 0.29) is 17.5 Å². The van der Waals surface area contributed by atoms with Crippen LogP contribution in [-0.2, 0) is 9.53 Å². The van der Waals surface area contributed by atoms with E-state index in [2.05, 4.69) is 4.99 Å². The lowest BCUT2D eigenvalue weighted by atomic mass is 10.2. The molecule has 5 nitrogen and oxygen atoms in total. The van der Waals surface area contributed by atoms with Crippen LogP contribution in [0.2, 0.25) is 0 Å². The number of benzene rings is 1. The van der Waals surface area contributed by atoms with Crippen LogP contribution in [0.5, 0.6) is 0 Å². The molecule has 21 heavy (non-hydrogen) atoms. The fourth-order valence-corrected chi connectivity index (χ4v) is 2.05. The van der Waals surface area contributed by atoms with Crippen molar-refractivity contribution >= 4 is 23.9 Å². The molecule has 1 aliphatic heterocycles. The van der Waals surface area contributed by atoms with Crippen molar-refractivity contribution in [1.29, 1.82) is 0 Å². The van der Waals surface area contributed by atoms with Gasteiger partial charge in [-0.15, -0.1) is 0 Å². The van der Waals surface area contributed by atoms with Crippen LogP contribution >= 0.6 is 0 Å². The van der Waals surface area contributed by atoms with Gasteiger partial charge >= 0.3 is 5.97 Å². The fourth-order valence-electron chi connectivity index (χ4n) is 2.05. The standard InChI is InChI=1S/C16H12N2O3/c1-11(19)18-9-5-8-13(18)10-14-16(20)21-15(17-14)12-6-3-2-4-7-12/h2-10H,1H3. The molecule has 2 aromatic rings. The molecule has 104 valence electrons. The van der Waals surface area contributed by atoms with Crippen LogP contribution in [0, 0.1) is 0 Å². The minimum atomic E-state index is -0.523. The van der Waals surface area contributed by atoms with Gasteiger partial charge in [-0.05, 0) is 30.3 Å². The Balaban J connectivity index is 1.97. The third kappa shape index (κ3) is 2.53. The number of esters is 1. The minimum Gasteiger partial charge on any atom is -0.402 e. The van der Waals surface area contributed by atoms with Crippen molar-refractivity contribution < 1.29 is 14.3 Å². The summed E-state index contributed by atoms with van der Waals surface area (Å²) in [6, 6.07) is 12.6. The van der Waals surface area contributed by atoms with E-state index >= 15 is 0 Å². The molecule has 0 unspecified atom stereocenters. The molecule has 3 rings (SSSR count). The summed E-state index contributed by atoms with van der Waals surface area (Å²) in [6.07, 6.45) is 3.18. The molecule has 0 amide bonds. The van der Waals surface area contributed by atoms with Gasteiger partial charge < -0.3 is 4.74 Å². The maximum atomic E-state index is 11.9. The zero-order chi connectivity index (χ0) is 14.8. The molecule has 0 spiro atoms. The summed E-state index contributed by atoms with van der Waals surface area (Å²) in [7, 11) is 0. The molecule has 0 saturated carbocycles. The molecule has 0 saturated heterocycles. The van der Waals surface area contributed by atoms with Gasteiger partial charge in [0.2, 0.25) is 11.8 Å². The average Bonchev–Trinajstić information content (AvgIpc) is 3.08. The Hall–Kier alpha value is -2.95. The molecular weight excluding hydrogens is 268 g/mol. The molecule has 2 heterocycles. The average molecular weight is 280 g/mol. The Labute approximate surface area is 121 Å². The van der Waals surface area contributed by atoms with Gasteiger partial charge in [-0.3, -0.25) is 9.36 Å². The van der Waals surface area contributed by atoms with Crippen molar-refractivity contribution in [2.45, 2.75) is 6.92 Å². The van der Waals surface area contributed by atoms with E-state index in [1.165, 1.54) is 11.5 Å². The third-order valence-corrected chi connectivity index (χ3v) is 3.05. The molecule has 1 aliphatic rings. The number of carbonyl (C=O) groups excluding carboxylic acids is 2. The topological polar surface area (TPSA) is 60.7 Å². The molecular formula is C16H12N2O3. The second-order valence-corrected chi connectivity index (χ2v) is 4.52. The first-order valence-corrected chi connectivity index (χ1v) is 6.41. The number of hydrogen-bond acceptors (Lipinski definition) is 4. The fraction of sp³-hybridized carbons (Fsp3) is 0.0625. The van der Waals surface area contributed by atoms with Crippen LogP contribution in [0.15, 0.2) is 59.4 Å². The van der Waals surface area contributed by atoms with Gasteiger partial charge in [0.15, 0.2) is 5.70 Å². The van der Waals surface area contributed by atoms with E-state index in [1.807, 2.05) is 30.3 Å². The molecule has 1 aromatic heterocycles. The van der Waals surface area contributed by atoms with Crippen molar-refractivity contribution in [3.63, 3.8) is 0 Å². The Morgan fingerprint density at radius 3 is 2.67 bits per heavy atom. The first kappa shape index (κ1) is 13.1. The van der Waals surface area contributed by atoms with Crippen LogP contribution in [0.3, 0.4) is 0 Å².